The third-order valence-corrected chi connectivity index (χ3v) is 6.25. The highest BCUT2D eigenvalue weighted by Crippen LogP contribution is 2.51. The molecule has 0 atom stereocenters. The summed E-state index contributed by atoms with van der Waals surface area (Å²) in [6.07, 6.45) is 2.36. The molecule has 0 aliphatic heterocycles. The average Bonchev–Trinajstić information content (AvgIpc) is 3.52. The molecule has 6 nitrogen and oxygen atoms in total. The van der Waals surface area contributed by atoms with Gasteiger partial charge in [0, 0.05) is 29.8 Å². The van der Waals surface area contributed by atoms with Crippen LogP contribution in [0.5, 0.6) is 5.75 Å². The van der Waals surface area contributed by atoms with Crippen LogP contribution >= 0.6 is 11.8 Å². The number of hydrogen-bond acceptors (Lipinski definition) is 4. The Morgan fingerprint density at radius 1 is 1.07 bits per heavy atom. The SMILES string of the molecule is CN=C(NCC(=O)NCc1ccc(OC)cc1)NCC1(Sc2ccccc2)CC1. The number of aliphatic imine (C=N–C) groups is 1. The monoisotopic (exact) mass is 412 g/mol. The molecule has 1 amide bonds. The number of carbonyl (C=O) groups is 1. The van der Waals surface area contributed by atoms with E-state index in [1.54, 1.807) is 14.2 Å². The third-order valence-electron chi connectivity index (χ3n) is 4.75. The van der Waals surface area contributed by atoms with Crippen molar-refractivity contribution in [2.75, 3.05) is 27.2 Å². The van der Waals surface area contributed by atoms with Crippen LogP contribution in [0.2, 0.25) is 0 Å². The van der Waals surface area contributed by atoms with Crippen molar-refractivity contribution in [1.29, 1.82) is 0 Å². The summed E-state index contributed by atoms with van der Waals surface area (Å²) in [6, 6.07) is 18.1. The van der Waals surface area contributed by atoms with Gasteiger partial charge in [-0.25, -0.2) is 0 Å². The van der Waals surface area contributed by atoms with Gasteiger partial charge in [-0.15, -0.1) is 11.8 Å². The summed E-state index contributed by atoms with van der Waals surface area (Å²) in [7, 11) is 3.35. The van der Waals surface area contributed by atoms with E-state index in [0.29, 0.717) is 12.5 Å². The van der Waals surface area contributed by atoms with Gasteiger partial charge in [0.05, 0.1) is 13.7 Å². The van der Waals surface area contributed by atoms with Crippen LogP contribution < -0.4 is 20.7 Å². The molecule has 2 aromatic carbocycles. The lowest BCUT2D eigenvalue weighted by atomic mass is 10.2. The second kappa shape index (κ2) is 10.2. The van der Waals surface area contributed by atoms with Crippen LogP contribution in [-0.2, 0) is 11.3 Å². The van der Waals surface area contributed by atoms with Crippen molar-refractivity contribution in [2.24, 2.45) is 4.99 Å². The van der Waals surface area contributed by atoms with Crippen LogP contribution in [0.15, 0.2) is 64.5 Å². The minimum atomic E-state index is -0.0800. The number of nitrogens with one attached hydrogen (secondary N) is 3. The number of methoxy groups -OCH3 is 1. The van der Waals surface area contributed by atoms with Gasteiger partial charge in [0.15, 0.2) is 5.96 Å². The number of nitrogens with zero attached hydrogens (tertiary/aromatic N) is 1. The number of thioether (sulfide) groups is 1. The molecule has 0 aromatic heterocycles. The molecule has 7 heteroatoms. The number of amides is 1. The molecule has 2 aromatic rings. The van der Waals surface area contributed by atoms with Crippen molar-refractivity contribution in [3.05, 3.63) is 60.2 Å². The molecule has 29 heavy (non-hydrogen) atoms. The van der Waals surface area contributed by atoms with Gasteiger partial charge < -0.3 is 20.7 Å². The van der Waals surface area contributed by atoms with E-state index in [-0.39, 0.29) is 17.2 Å². The van der Waals surface area contributed by atoms with Crippen LogP contribution in [0.1, 0.15) is 18.4 Å². The Morgan fingerprint density at radius 3 is 2.41 bits per heavy atom. The van der Waals surface area contributed by atoms with Gasteiger partial charge in [-0.1, -0.05) is 30.3 Å². The molecule has 0 spiro atoms. The zero-order valence-electron chi connectivity index (χ0n) is 16.9. The zero-order chi connectivity index (χ0) is 20.5. The van der Waals surface area contributed by atoms with E-state index in [2.05, 4.69) is 45.2 Å². The van der Waals surface area contributed by atoms with Gasteiger partial charge in [0.1, 0.15) is 5.75 Å². The fourth-order valence-corrected chi connectivity index (χ4v) is 4.07. The number of ether oxygens (including phenoxy) is 1. The highest BCUT2D eigenvalue weighted by molar-refractivity contribution is 8.01. The van der Waals surface area contributed by atoms with Crippen molar-refractivity contribution < 1.29 is 9.53 Å². The molecule has 0 unspecified atom stereocenters. The Morgan fingerprint density at radius 2 is 1.79 bits per heavy atom. The molecule has 1 saturated carbocycles. The van der Waals surface area contributed by atoms with Crippen molar-refractivity contribution in [3.8, 4) is 5.75 Å². The van der Waals surface area contributed by atoms with E-state index in [1.165, 1.54) is 17.7 Å². The van der Waals surface area contributed by atoms with Gasteiger partial charge in [-0.3, -0.25) is 9.79 Å². The minimum absolute atomic E-state index is 0.0800. The molecule has 0 radical (unpaired) electrons. The smallest absolute Gasteiger partial charge is 0.239 e. The van der Waals surface area contributed by atoms with Crippen LogP contribution in [0.3, 0.4) is 0 Å². The maximum Gasteiger partial charge on any atom is 0.239 e. The molecule has 0 bridgehead atoms. The van der Waals surface area contributed by atoms with Gasteiger partial charge in [0.2, 0.25) is 5.91 Å². The lowest BCUT2D eigenvalue weighted by Crippen LogP contribution is -2.45. The fraction of sp³-hybridized carbons (Fsp3) is 0.364. The maximum atomic E-state index is 12.1. The Hall–Kier alpha value is -2.67. The van der Waals surface area contributed by atoms with E-state index in [4.69, 9.17) is 4.74 Å². The van der Waals surface area contributed by atoms with Crippen LogP contribution in [0, 0.1) is 0 Å². The topological polar surface area (TPSA) is 74.8 Å². The molecule has 0 heterocycles. The lowest BCUT2D eigenvalue weighted by Gasteiger charge is -2.18. The molecular formula is C22H28N4O2S. The number of guanidine groups is 1. The van der Waals surface area contributed by atoms with Gasteiger partial charge in [-0.2, -0.15) is 0 Å². The van der Waals surface area contributed by atoms with E-state index in [1.807, 2.05) is 42.1 Å². The largest absolute Gasteiger partial charge is 0.497 e. The summed E-state index contributed by atoms with van der Waals surface area (Å²) in [6.45, 7) is 1.47. The van der Waals surface area contributed by atoms with Crippen molar-refractivity contribution in [2.45, 2.75) is 29.0 Å². The van der Waals surface area contributed by atoms with Gasteiger partial charge >= 0.3 is 0 Å². The fourth-order valence-electron chi connectivity index (χ4n) is 2.83. The van der Waals surface area contributed by atoms with Crippen molar-refractivity contribution in [1.82, 2.24) is 16.0 Å². The first-order chi connectivity index (χ1) is 14.1. The highest BCUT2D eigenvalue weighted by atomic mass is 32.2. The number of benzene rings is 2. The third kappa shape index (κ3) is 6.71. The van der Waals surface area contributed by atoms with Crippen molar-refractivity contribution in [3.63, 3.8) is 0 Å². The lowest BCUT2D eigenvalue weighted by molar-refractivity contribution is -0.120. The first-order valence-corrected chi connectivity index (χ1v) is 10.5. The predicted molar refractivity (Wildman–Crippen MR) is 118 cm³/mol. The van der Waals surface area contributed by atoms with Gasteiger partial charge in [-0.05, 0) is 42.7 Å². The summed E-state index contributed by atoms with van der Waals surface area (Å²) in [5.74, 6) is 1.36. The van der Waals surface area contributed by atoms with Gasteiger partial charge in [0.25, 0.3) is 0 Å². The normalized spacial score (nSPS) is 14.8. The quantitative estimate of drug-likeness (QED) is 0.436. The Balaban J connectivity index is 1.38. The molecule has 1 aliphatic rings. The molecule has 3 N–H and O–H groups in total. The van der Waals surface area contributed by atoms with E-state index in [9.17, 15) is 4.79 Å². The first kappa shape index (κ1) is 21.0. The van der Waals surface area contributed by atoms with E-state index in [0.717, 1.165) is 17.9 Å². The van der Waals surface area contributed by atoms with Crippen LogP contribution in [0.4, 0.5) is 0 Å². The second-order valence-electron chi connectivity index (χ2n) is 7.00. The zero-order valence-corrected chi connectivity index (χ0v) is 17.7. The average molecular weight is 413 g/mol. The minimum Gasteiger partial charge on any atom is -0.497 e. The van der Waals surface area contributed by atoms with E-state index < -0.39 is 0 Å². The standard InChI is InChI=1S/C22H28N4O2S/c1-23-21(26-16-22(12-13-22)29-19-6-4-3-5-7-19)25-15-20(27)24-14-17-8-10-18(28-2)11-9-17/h3-11H,12-16H2,1-2H3,(H,24,27)(H2,23,25,26). The molecule has 1 aliphatic carbocycles. The second-order valence-corrected chi connectivity index (χ2v) is 8.54. The van der Waals surface area contributed by atoms with Crippen molar-refractivity contribution >= 4 is 23.6 Å². The summed E-state index contributed by atoms with van der Waals surface area (Å²) in [5, 5.41) is 9.35. The number of hydrogen-bond donors (Lipinski definition) is 3. The summed E-state index contributed by atoms with van der Waals surface area (Å²) < 4.78 is 5.36. The molecule has 154 valence electrons. The van der Waals surface area contributed by atoms with Crippen LogP contribution in [0.25, 0.3) is 0 Å². The molecule has 0 saturated heterocycles. The number of rotatable bonds is 9. The summed E-state index contributed by atoms with van der Waals surface area (Å²) >= 11 is 1.91. The Kier molecular flexibility index (Phi) is 7.41. The first-order valence-electron chi connectivity index (χ1n) is 9.71. The highest BCUT2D eigenvalue weighted by Gasteiger charge is 2.43. The maximum absolute atomic E-state index is 12.1. The Bertz CT molecular complexity index is 820. The summed E-state index contributed by atoms with van der Waals surface area (Å²) in [5.41, 5.74) is 1.02. The Labute approximate surface area is 176 Å². The molecule has 1 fully saturated rings. The predicted octanol–water partition coefficient (Wildman–Crippen LogP) is 2.80. The van der Waals surface area contributed by atoms with Crippen LogP contribution in [-0.4, -0.2) is 43.9 Å². The van der Waals surface area contributed by atoms with E-state index >= 15 is 0 Å². The summed E-state index contributed by atoms with van der Waals surface area (Å²) in [4.78, 5) is 17.6. The molecule has 3 rings (SSSR count). The molecular weight excluding hydrogens is 384 g/mol. The number of carbonyl (C=O) groups excluding carboxylic acids is 1.